The minimum atomic E-state index is -0.0328. The van der Waals surface area contributed by atoms with Crippen molar-refractivity contribution < 1.29 is 9.53 Å². The highest BCUT2D eigenvalue weighted by molar-refractivity contribution is 7.99. The molecule has 1 aromatic heterocycles. The van der Waals surface area contributed by atoms with Crippen molar-refractivity contribution in [2.24, 2.45) is 7.05 Å². The van der Waals surface area contributed by atoms with Crippen LogP contribution in [0.5, 0.6) is 5.75 Å². The summed E-state index contributed by atoms with van der Waals surface area (Å²) in [5.74, 6) is 1.80. The molecule has 6 nitrogen and oxygen atoms in total. The molecule has 2 aromatic carbocycles. The van der Waals surface area contributed by atoms with E-state index in [0.29, 0.717) is 17.5 Å². The second-order valence-corrected chi connectivity index (χ2v) is 7.09. The van der Waals surface area contributed by atoms with Crippen LogP contribution in [-0.4, -0.2) is 33.5 Å². The van der Waals surface area contributed by atoms with E-state index in [-0.39, 0.29) is 5.91 Å². The number of amides is 1. The van der Waals surface area contributed by atoms with Crippen LogP contribution in [0.2, 0.25) is 0 Å². The fourth-order valence-corrected chi connectivity index (χ4v) is 3.26. The van der Waals surface area contributed by atoms with Crippen LogP contribution in [0.1, 0.15) is 11.1 Å². The van der Waals surface area contributed by atoms with Gasteiger partial charge >= 0.3 is 0 Å². The number of nitrogens with one attached hydrogen (secondary N) is 1. The Hall–Kier alpha value is -2.80. The number of methoxy groups -OCH3 is 1. The van der Waals surface area contributed by atoms with Crippen LogP contribution < -0.4 is 10.1 Å². The maximum absolute atomic E-state index is 12.1. The molecule has 0 bridgehead atoms. The fourth-order valence-electron chi connectivity index (χ4n) is 2.52. The lowest BCUT2D eigenvalue weighted by Gasteiger charge is -2.06. The van der Waals surface area contributed by atoms with Gasteiger partial charge in [0.15, 0.2) is 11.0 Å². The predicted octanol–water partition coefficient (Wildman–Crippen LogP) is 3.21. The summed E-state index contributed by atoms with van der Waals surface area (Å²) in [4.78, 5) is 12.1. The third kappa shape index (κ3) is 4.89. The van der Waals surface area contributed by atoms with Crippen molar-refractivity contribution in [2.75, 3.05) is 12.9 Å². The van der Waals surface area contributed by atoms with E-state index in [2.05, 4.69) is 15.5 Å². The van der Waals surface area contributed by atoms with Gasteiger partial charge in [-0.1, -0.05) is 41.6 Å². The van der Waals surface area contributed by atoms with E-state index >= 15 is 0 Å². The summed E-state index contributed by atoms with van der Waals surface area (Å²) in [7, 11) is 3.53. The first kappa shape index (κ1) is 19.0. The molecular weight excluding hydrogens is 360 g/mol. The largest absolute Gasteiger partial charge is 0.497 e. The molecule has 140 valence electrons. The molecule has 1 heterocycles. The zero-order chi connectivity index (χ0) is 19.2. The van der Waals surface area contributed by atoms with E-state index in [1.54, 1.807) is 7.11 Å². The summed E-state index contributed by atoms with van der Waals surface area (Å²) in [6.07, 6.45) is 0. The van der Waals surface area contributed by atoms with Crippen LogP contribution in [0, 0.1) is 6.92 Å². The SMILES string of the molecule is COc1ccc(-c2nnc(SCC(=O)NCc3ccc(C)cc3)n2C)cc1. The minimum Gasteiger partial charge on any atom is -0.497 e. The number of carbonyl (C=O) groups is 1. The number of hydrogen-bond donors (Lipinski definition) is 1. The van der Waals surface area contributed by atoms with Crippen LogP contribution >= 0.6 is 11.8 Å². The molecule has 0 aliphatic heterocycles. The van der Waals surface area contributed by atoms with Gasteiger partial charge in [-0.2, -0.15) is 0 Å². The molecule has 27 heavy (non-hydrogen) atoms. The van der Waals surface area contributed by atoms with E-state index in [1.165, 1.54) is 17.3 Å². The number of thioether (sulfide) groups is 1. The minimum absolute atomic E-state index is 0.0328. The first-order valence-electron chi connectivity index (χ1n) is 8.55. The number of aryl methyl sites for hydroxylation is 1. The van der Waals surface area contributed by atoms with Crippen LogP contribution in [0.4, 0.5) is 0 Å². The molecule has 3 aromatic rings. The van der Waals surface area contributed by atoms with Crippen molar-refractivity contribution in [3.8, 4) is 17.1 Å². The second-order valence-electron chi connectivity index (χ2n) is 6.14. The van der Waals surface area contributed by atoms with Crippen LogP contribution in [-0.2, 0) is 18.4 Å². The lowest BCUT2D eigenvalue weighted by Crippen LogP contribution is -2.24. The van der Waals surface area contributed by atoms with E-state index in [9.17, 15) is 4.79 Å². The summed E-state index contributed by atoms with van der Waals surface area (Å²) in [5, 5.41) is 12.1. The molecule has 0 saturated heterocycles. The highest BCUT2D eigenvalue weighted by Crippen LogP contribution is 2.24. The average molecular weight is 382 g/mol. The fraction of sp³-hybridized carbons (Fsp3) is 0.250. The molecule has 0 unspecified atom stereocenters. The smallest absolute Gasteiger partial charge is 0.230 e. The number of hydrogen-bond acceptors (Lipinski definition) is 5. The first-order chi connectivity index (χ1) is 13.1. The van der Waals surface area contributed by atoms with E-state index in [0.717, 1.165) is 22.7 Å². The molecule has 0 aliphatic carbocycles. The third-order valence-electron chi connectivity index (χ3n) is 4.13. The lowest BCUT2D eigenvalue weighted by atomic mass is 10.1. The van der Waals surface area contributed by atoms with Crippen LogP contribution in [0.3, 0.4) is 0 Å². The highest BCUT2D eigenvalue weighted by Gasteiger charge is 2.13. The number of nitrogens with zero attached hydrogens (tertiary/aromatic N) is 3. The van der Waals surface area contributed by atoms with Crippen LogP contribution in [0.15, 0.2) is 53.7 Å². The van der Waals surface area contributed by atoms with Crippen molar-refractivity contribution >= 4 is 17.7 Å². The predicted molar refractivity (Wildman–Crippen MR) is 107 cm³/mol. The maximum Gasteiger partial charge on any atom is 0.230 e. The number of ether oxygens (including phenoxy) is 1. The third-order valence-corrected chi connectivity index (χ3v) is 5.15. The van der Waals surface area contributed by atoms with Gasteiger partial charge in [0, 0.05) is 19.2 Å². The lowest BCUT2D eigenvalue weighted by molar-refractivity contribution is -0.118. The maximum atomic E-state index is 12.1. The molecule has 0 radical (unpaired) electrons. The van der Waals surface area contributed by atoms with Crippen molar-refractivity contribution in [1.82, 2.24) is 20.1 Å². The Balaban J connectivity index is 1.55. The zero-order valence-electron chi connectivity index (χ0n) is 15.6. The van der Waals surface area contributed by atoms with Gasteiger partial charge in [-0.05, 0) is 36.8 Å². The topological polar surface area (TPSA) is 69.0 Å². The molecule has 1 amide bonds. The summed E-state index contributed by atoms with van der Waals surface area (Å²) < 4.78 is 7.06. The Morgan fingerprint density at radius 2 is 1.81 bits per heavy atom. The van der Waals surface area contributed by atoms with Crippen molar-refractivity contribution in [3.05, 3.63) is 59.7 Å². The van der Waals surface area contributed by atoms with Gasteiger partial charge in [-0.3, -0.25) is 4.79 Å². The van der Waals surface area contributed by atoms with E-state index < -0.39 is 0 Å². The van der Waals surface area contributed by atoms with Crippen molar-refractivity contribution in [3.63, 3.8) is 0 Å². The number of carbonyl (C=O) groups excluding carboxylic acids is 1. The Bertz CT molecular complexity index is 905. The summed E-state index contributed by atoms with van der Waals surface area (Å²) in [5.41, 5.74) is 3.23. The van der Waals surface area contributed by atoms with E-state index in [4.69, 9.17) is 4.74 Å². The summed E-state index contributed by atoms with van der Waals surface area (Å²) >= 11 is 1.37. The highest BCUT2D eigenvalue weighted by atomic mass is 32.2. The van der Waals surface area contributed by atoms with Crippen molar-refractivity contribution in [2.45, 2.75) is 18.6 Å². The molecular formula is C20H22N4O2S. The van der Waals surface area contributed by atoms with Gasteiger partial charge in [0.2, 0.25) is 5.91 Å². The zero-order valence-corrected chi connectivity index (χ0v) is 16.4. The Morgan fingerprint density at radius 3 is 2.48 bits per heavy atom. The number of aromatic nitrogens is 3. The van der Waals surface area contributed by atoms with Gasteiger partial charge in [0.05, 0.1) is 12.9 Å². The Labute approximate surface area is 163 Å². The molecule has 1 N–H and O–H groups in total. The normalized spacial score (nSPS) is 10.6. The quantitative estimate of drug-likeness (QED) is 0.636. The van der Waals surface area contributed by atoms with Crippen molar-refractivity contribution in [1.29, 1.82) is 0 Å². The van der Waals surface area contributed by atoms with Gasteiger partial charge in [-0.15, -0.1) is 10.2 Å². The van der Waals surface area contributed by atoms with Gasteiger partial charge in [-0.25, -0.2) is 0 Å². The van der Waals surface area contributed by atoms with Gasteiger partial charge in [0.25, 0.3) is 0 Å². The van der Waals surface area contributed by atoms with E-state index in [1.807, 2.05) is 67.1 Å². The van der Waals surface area contributed by atoms with Gasteiger partial charge in [0.1, 0.15) is 5.75 Å². The molecule has 0 spiro atoms. The number of rotatable bonds is 7. The monoisotopic (exact) mass is 382 g/mol. The number of benzene rings is 2. The Morgan fingerprint density at radius 1 is 1.11 bits per heavy atom. The van der Waals surface area contributed by atoms with Crippen LogP contribution in [0.25, 0.3) is 11.4 Å². The molecule has 0 saturated carbocycles. The molecule has 3 rings (SSSR count). The summed E-state index contributed by atoms with van der Waals surface area (Å²) in [6.45, 7) is 2.57. The molecule has 0 fully saturated rings. The molecule has 0 aliphatic rings. The molecule has 7 heteroatoms. The molecule has 0 atom stereocenters. The average Bonchev–Trinajstić information content (AvgIpc) is 3.06. The first-order valence-corrected chi connectivity index (χ1v) is 9.54. The Kier molecular flexibility index (Phi) is 6.13. The summed E-state index contributed by atoms with van der Waals surface area (Å²) in [6, 6.07) is 15.8. The second kappa shape index (κ2) is 8.73. The standard InChI is InChI=1S/C20H22N4O2S/c1-14-4-6-15(7-5-14)12-21-18(25)13-27-20-23-22-19(24(20)2)16-8-10-17(26-3)11-9-16/h4-11H,12-13H2,1-3H3,(H,21,25). The van der Waals surface area contributed by atoms with Gasteiger partial charge < -0.3 is 14.6 Å².